The van der Waals surface area contributed by atoms with Crippen molar-refractivity contribution in [2.75, 3.05) is 32.9 Å². The second-order valence-corrected chi connectivity index (χ2v) is 11.3. The SMILES string of the molecule is CC.O=C(NSC1CC1)c1cc(C2CC2)c(OCC2CCN(SC3COC3)CC2)cc1F. The Bertz CT molecular complexity index is 777. The van der Waals surface area contributed by atoms with Gasteiger partial charge in [0, 0.05) is 24.4 Å². The first-order valence-electron chi connectivity index (χ1n) is 12.1. The molecular formula is C24H35FN2O3S2. The number of rotatable bonds is 9. The molecule has 1 aromatic carbocycles. The van der Waals surface area contributed by atoms with E-state index in [-0.39, 0.29) is 11.5 Å². The molecule has 2 saturated heterocycles. The number of nitrogens with one attached hydrogen (secondary N) is 1. The van der Waals surface area contributed by atoms with Crippen molar-refractivity contribution in [2.45, 2.75) is 68.8 Å². The Kier molecular flexibility index (Phi) is 8.65. The number of hydrogen-bond acceptors (Lipinski definition) is 6. The van der Waals surface area contributed by atoms with Crippen LogP contribution in [0.15, 0.2) is 12.1 Å². The second kappa shape index (κ2) is 11.4. The zero-order valence-electron chi connectivity index (χ0n) is 19.1. The molecule has 2 aliphatic heterocycles. The van der Waals surface area contributed by atoms with Gasteiger partial charge in [-0.3, -0.25) is 13.8 Å². The van der Waals surface area contributed by atoms with E-state index in [1.165, 1.54) is 18.0 Å². The Hall–Kier alpha value is -0.960. The molecule has 178 valence electrons. The topological polar surface area (TPSA) is 50.8 Å². The summed E-state index contributed by atoms with van der Waals surface area (Å²) in [4.78, 5) is 12.4. The van der Waals surface area contributed by atoms with E-state index in [4.69, 9.17) is 9.47 Å². The third-order valence-corrected chi connectivity index (χ3v) is 8.50. The molecule has 0 bridgehead atoms. The van der Waals surface area contributed by atoms with E-state index < -0.39 is 5.82 Å². The van der Waals surface area contributed by atoms with Crippen LogP contribution in [-0.2, 0) is 4.74 Å². The number of hydrogen-bond donors (Lipinski definition) is 1. The Balaban J connectivity index is 0.00000119. The van der Waals surface area contributed by atoms with Crippen molar-refractivity contribution in [1.29, 1.82) is 0 Å². The van der Waals surface area contributed by atoms with Gasteiger partial charge in [0.2, 0.25) is 0 Å². The molecule has 0 spiro atoms. The molecule has 0 aromatic heterocycles. The average molecular weight is 483 g/mol. The number of benzene rings is 1. The highest BCUT2D eigenvalue weighted by Gasteiger charge is 2.31. The van der Waals surface area contributed by atoms with E-state index in [0.29, 0.717) is 34.7 Å². The van der Waals surface area contributed by atoms with Gasteiger partial charge in [-0.05, 0) is 73.9 Å². The summed E-state index contributed by atoms with van der Waals surface area (Å²) >= 11 is 3.35. The number of amides is 1. The minimum Gasteiger partial charge on any atom is -0.493 e. The summed E-state index contributed by atoms with van der Waals surface area (Å²) in [6, 6.07) is 3.16. The molecular weight excluding hydrogens is 447 g/mol. The first-order chi connectivity index (χ1) is 15.7. The van der Waals surface area contributed by atoms with Crippen LogP contribution in [0, 0.1) is 11.7 Å². The monoisotopic (exact) mass is 482 g/mol. The molecule has 1 amide bonds. The highest BCUT2D eigenvalue weighted by Crippen LogP contribution is 2.45. The molecule has 2 aliphatic carbocycles. The fourth-order valence-electron chi connectivity index (χ4n) is 3.84. The van der Waals surface area contributed by atoms with Crippen molar-refractivity contribution < 1.29 is 18.7 Å². The lowest BCUT2D eigenvalue weighted by atomic mass is 9.99. The Morgan fingerprint density at radius 2 is 1.84 bits per heavy atom. The molecule has 8 heteroatoms. The molecule has 32 heavy (non-hydrogen) atoms. The molecule has 4 fully saturated rings. The van der Waals surface area contributed by atoms with Crippen LogP contribution >= 0.6 is 23.9 Å². The van der Waals surface area contributed by atoms with Crippen molar-refractivity contribution >= 4 is 29.8 Å². The number of piperidine rings is 1. The van der Waals surface area contributed by atoms with Crippen LogP contribution in [-0.4, -0.2) is 53.6 Å². The fraction of sp³-hybridized carbons (Fsp3) is 0.708. The van der Waals surface area contributed by atoms with Gasteiger partial charge in [-0.1, -0.05) is 25.8 Å². The van der Waals surface area contributed by atoms with E-state index in [1.54, 1.807) is 6.07 Å². The summed E-state index contributed by atoms with van der Waals surface area (Å²) in [6.45, 7) is 8.49. The summed E-state index contributed by atoms with van der Waals surface area (Å²) < 4.78 is 31.3. The van der Waals surface area contributed by atoms with Crippen molar-refractivity contribution in [2.24, 2.45) is 5.92 Å². The second-order valence-electron chi connectivity index (χ2n) is 8.84. The van der Waals surface area contributed by atoms with E-state index in [0.717, 1.165) is 70.4 Å². The first-order valence-corrected chi connectivity index (χ1v) is 13.8. The van der Waals surface area contributed by atoms with E-state index >= 15 is 0 Å². The number of halogens is 1. The van der Waals surface area contributed by atoms with Gasteiger partial charge in [0.25, 0.3) is 5.91 Å². The molecule has 5 nitrogen and oxygen atoms in total. The third-order valence-electron chi connectivity index (χ3n) is 6.16. The lowest BCUT2D eigenvalue weighted by Gasteiger charge is -2.35. The largest absolute Gasteiger partial charge is 0.493 e. The number of ether oxygens (including phenoxy) is 2. The summed E-state index contributed by atoms with van der Waals surface area (Å²) in [6.07, 6.45) is 6.61. The zero-order valence-corrected chi connectivity index (χ0v) is 20.7. The molecule has 1 N–H and O–H groups in total. The van der Waals surface area contributed by atoms with Gasteiger partial charge in [0.15, 0.2) is 0 Å². The molecule has 0 unspecified atom stereocenters. The van der Waals surface area contributed by atoms with Crippen LogP contribution in [0.25, 0.3) is 0 Å². The van der Waals surface area contributed by atoms with Crippen LogP contribution < -0.4 is 9.46 Å². The summed E-state index contributed by atoms with van der Waals surface area (Å²) in [5, 5.41) is 1.12. The predicted molar refractivity (Wildman–Crippen MR) is 130 cm³/mol. The van der Waals surface area contributed by atoms with Crippen LogP contribution in [0.3, 0.4) is 0 Å². The Morgan fingerprint density at radius 3 is 2.44 bits per heavy atom. The molecule has 0 radical (unpaired) electrons. The Morgan fingerprint density at radius 1 is 1.12 bits per heavy atom. The van der Waals surface area contributed by atoms with Crippen LogP contribution in [0.5, 0.6) is 5.75 Å². The molecule has 5 rings (SSSR count). The molecule has 2 saturated carbocycles. The van der Waals surface area contributed by atoms with Crippen molar-refractivity contribution in [3.05, 3.63) is 29.1 Å². The minimum absolute atomic E-state index is 0.141. The quantitative estimate of drug-likeness (QED) is 0.475. The summed E-state index contributed by atoms with van der Waals surface area (Å²) in [7, 11) is 0. The highest BCUT2D eigenvalue weighted by molar-refractivity contribution is 7.98. The maximum Gasteiger partial charge on any atom is 0.264 e. The van der Waals surface area contributed by atoms with Gasteiger partial charge >= 0.3 is 0 Å². The van der Waals surface area contributed by atoms with Crippen LogP contribution in [0.1, 0.15) is 74.2 Å². The van der Waals surface area contributed by atoms with Gasteiger partial charge in [0.1, 0.15) is 11.6 Å². The molecule has 4 aliphatic rings. The van der Waals surface area contributed by atoms with Gasteiger partial charge in [-0.2, -0.15) is 0 Å². The maximum absolute atomic E-state index is 14.7. The lowest BCUT2D eigenvalue weighted by Crippen LogP contribution is -2.38. The molecule has 1 aromatic rings. The Labute approximate surface area is 199 Å². The van der Waals surface area contributed by atoms with E-state index in [2.05, 4.69) is 9.03 Å². The van der Waals surface area contributed by atoms with E-state index in [1.807, 2.05) is 25.8 Å². The van der Waals surface area contributed by atoms with Gasteiger partial charge in [0.05, 0.1) is 30.6 Å². The normalized spacial score (nSPS) is 22.0. The number of carbonyl (C=O) groups is 1. The average Bonchev–Trinajstić information content (AvgIpc) is 3.69. The van der Waals surface area contributed by atoms with Gasteiger partial charge < -0.3 is 9.47 Å². The van der Waals surface area contributed by atoms with Crippen molar-refractivity contribution in [3.8, 4) is 5.75 Å². The number of nitrogens with zero attached hydrogens (tertiary/aromatic N) is 1. The van der Waals surface area contributed by atoms with Crippen molar-refractivity contribution in [3.63, 3.8) is 0 Å². The summed E-state index contributed by atoms with van der Waals surface area (Å²) in [5.74, 6) is 0.695. The fourth-order valence-corrected chi connectivity index (χ4v) is 5.75. The highest BCUT2D eigenvalue weighted by atomic mass is 32.2. The smallest absolute Gasteiger partial charge is 0.264 e. The van der Waals surface area contributed by atoms with Crippen LogP contribution in [0.2, 0.25) is 0 Å². The summed E-state index contributed by atoms with van der Waals surface area (Å²) in [5.41, 5.74) is 1.14. The lowest BCUT2D eigenvalue weighted by molar-refractivity contribution is 0.0436. The van der Waals surface area contributed by atoms with Crippen molar-refractivity contribution in [1.82, 2.24) is 9.03 Å². The third kappa shape index (κ3) is 6.55. The van der Waals surface area contributed by atoms with Gasteiger partial charge in [-0.25, -0.2) is 4.39 Å². The number of carbonyl (C=O) groups excluding carboxylic acids is 1. The zero-order chi connectivity index (χ0) is 22.5. The maximum atomic E-state index is 14.7. The van der Waals surface area contributed by atoms with Gasteiger partial charge in [-0.15, -0.1) is 0 Å². The van der Waals surface area contributed by atoms with Crippen LogP contribution in [0.4, 0.5) is 4.39 Å². The first kappa shape index (κ1) is 24.2. The molecule has 2 heterocycles. The minimum atomic E-state index is -0.489. The predicted octanol–water partition coefficient (Wildman–Crippen LogP) is 5.41. The molecule has 0 atom stereocenters. The standard InChI is InChI=1S/C22H29FN2O3S2.C2H6/c23-20-10-21(28-11-14-5-7-25(8-6-14)30-17-12-27-13-17)18(15-1-2-15)9-19(20)22(26)24-29-16-3-4-16;1-2/h9-10,14-17H,1-8,11-13H2,(H,24,26);1-2H3. The van der Waals surface area contributed by atoms with E-state index in [9.17, 15) is 9.18 Å².